The molecule has 1 fully saturated rings. The van der Waals surface area contributed by atoms with Crippen LogP contribution in [0.2, 0.25) is 0 Å². The number of amides is 1. The molecule has 198 valence electrons. The predicted molar refractivity (Wildman–Crippen MR) is 149 cm³/mol. The SMILES string of the molecule is C[C@@H](Nc1ncnc2[nH]c(-c3ccc(CN4CCC(NCCC(=O)NO)CC4)cc3)cc12)c1ccccc1. The van der Waals surface area contributed by atoms with Gasteiger partial charge in [0.1, 0.15) is 17.8 Å². The molecule has 5 rings (SSSR count). The summed E-state index contributed by atoms with van der Waals surface area (Å²) in [5.74, 6) is 0.466. The van der Waals surface area contributed by atoms with E-state index in [1.54, 1.807) is 11.8 Å². The van der Waals surface area contributed by atoms with Gasteiger partial charge in [0, 0.05) is 37.3 Å². The van der Waals surface area contributed by atoms with Crippen LogP contribution in [0.25, 0.3) is 22.3 Å². The molecule has 0 bridgehead atoms. The molecule has 0 radical (unpaired) electrons. The van der Waals surface area contributed by atoms with Crippen molar-refractivity contribution >= 4 is 22.8 Å². The number of piperidine rings is 1. The Labute approximate surface area is 222 Å². The maximum Gasteiger partial charge on any atom is 0.244 e. The zero-order valence-electron chi connectivity index (χ0n) is 21.7. The topological polar surface area (TPSA) is 118 Å². The van der Waals surface area contributed by atoms with Crippen LogP contribution in [0.3, 0.4) is 0 Å². The van der Waals surface area contributed by atoms with Gasteiger partial charge in [-0.1, -0.05) is 54.6 Å². The maximum absolute atomic E-state index is 11.2. The first-order chi connectivity index (χ1) is 18.6. The molecule has 3 heterocycles. The van der Waals surface area contributed by atoms with E-state index in [2.05, 4.69) is 79.9 Å². The molecule has 1 aliphatic rings. The second-order valence-electron chi connectivity index (χ2n) is 9.93. The molecule has 2 aromatic heterocycles. The number of carbonyl (C=O) groups excluding carboxylic acids is 1. The van der Waals surface area contributed by atoms with Crippen LogP contribution in [0, 0.1) is 0 Å². The summed E-state index contributed by atoms with van der Waals surface area (Å²) >= 11 is 0. The number of anilines is 1. The molecule has 1 aliphatic heterocycles. The lowest BCUT2D eigenvalue weighted by Gasteiger charge is -2.32. The molecule has 0 saturated carbocycles. The van der Waals surface area contributed by atoms with Crippen molar-refractivity contribution in [1.82, 2.24) is 30.6 Å². The second-order valence-corrected chi connectivity index (χ2v) is 9.93. The van der Waals surface area contributed by atoms with Crippen molar-refractivity contribution in [1.29, 1.82) is 0 Å². The highest BCUT2D eigenvalue weighted by Gasteiger charge is 2.19. The van der Waals surface area contributed by atoms with Crippen LogP contribution in [-0.2, 0) is 11.3 Å². The highest BCUT2D eigenvalue weighted by molar-refractivity contribution is 5.91. The molecule has 5 N–H and O–H groups in total. The Bertz CT molecular complexity index is 1330. The van der Waals surface area contributed by atoms with Crippen molar-refractivity contribution in [2.45, 2.75) is 44.8 Å². The lowest BCUT2D eigenvalue weighted by Crippen LogP contribution is -2.43. The van der Waals surface area contributed by atoms with E-state index in [0.29, 0.717) is 12.6 Å². The van der Waals surface area contributed by atoms with Gasteiger partial charge < -0.3 is 15.6 Å². The third kappa shape index (κ3) is 6.36. The van der Waals surface area contributed by atoms with Crippen LogP contribution in [0.15, 0.2) is 67.0 Å². The number of aromatic nitrogens is 3. The van der Waals surface area contributed by atoms with E-state index in [9.17, 15) is 4.79 Å². The van der Waals surface area contributed by atoms with Crippen LogP contribution < -0.4 is 16.1 Å². The van der Waals surface area contributed by atoms with Crippen molar-refractivity contribution in [3.05, 3.63) is 78.1 Å². The fourth-order valence-corrected chi connectivity index (χ4v) is 5.03. The Morgan fingerprint density at radius 3 is 2.61 bits per heavy atom. The van der Waals surface area contributed by atoms with E-state index in [-0.39, 0.29) is 18.4 Å². The largest absolute Gasteiger partial charge is 0.363 e. The summed E-state index contributed by atoms with van der Waals surface area (Å²) in [5, 5.41) is 16.5. The van der Waals surface area contributed by atoms with Gasteiger partial charge >= 0.3 is 0 Å². The van der Waals surface area contributed by atoms with Crippen LogP contribution in [0.5, 0.6) is 0 Å². The van der Waals surface area contributed by atoms with Gasteiger partial charge in [-0.05, 0) is 55.6 Å². The Kier molecular flexibility index (Phi) is 8.28. The zero-order valence-corrected chi connectivity index (χ0v) is 21.7. The van der Waals surface area contributed by atoms with E-state index >= 15 is 0 Å². The smallest absolute Gasteiger partial charge is 0.244 e. The monoisotopic (exact) mass is 513 g/mol. The first-order valence-electron chi connectivity index (χ1n) is 13.2. The lowest BCUT2D eigenvalue weighted by atomic mass is 10.0. The Morgan fingerprint density at radius 1 is 1.11 bits per heavy atom. The quantitative estimate of drug-likeness (QED) is 0.159. The maximum atomic E-state index is 11.2. The average Bonchev–Trinajstić information content (AvgIpc) is 3.40. The van der Waals surface area contributed by atoms with E-state index < -0.39 is 0 Å². The molecule has 1 amide bonds. The molecule has 1 saturated heterocycles. The summed E-state index contributed by atoms with van der Waals surface area (Å²) < 4.78 is 0. The molecular weight excluding hydrogens is 478 g/mol. The Morgan fingerprint density at radius 2 is 1.87 bits per heavy atom. The summed E-state index contributed by atoms with van der Waals surface area (Å²) in [6, 6.07) is 21.7. The number of rotatable bonds is 10. The number of fused-ring (bicyclic) bond motifs is 1. The Balaban J connectivity index is 1.18. The summed E-state index contributed by atoms with van der Waals surface area (Å²) in [6.07, 6.45) is 3.98. The van der Waals surface area contributed by atoms with Gasteiger partial charge in [0.15, 0.2) is 0 Å². The van der Waals surface area contributed by atoms with Crippen molar-refractivity contribution < 1.29 is 10.0 Å². The standard InChI is InChI=1S/C29H35N7O2/c1-20(22-5-3-2-4-6-22)33-28-25-17-26(34-29(25)32-19-31-28)23-9-7-21(8-10-23)18-36-15-12-24(13-16-36)30-14-11-27(37)35-38/h2-10,17,19-20,24,30,38H,11-16,18H2,1H3,(H,35,37)(H2,31,32,33,34)/t20-/m1/s1. The summed E-state index contributed by atoms with van der Waals surface area (Å²) in [7, 11) is 0. The third-order valence-corrected chi connectivity index (χ3v) is 7.25. The summed E-state index contributed by atoms with van der Waals surface area (Å²) in [4.78, 5) is 26.0. The molecule has 1 atom stereocenters. The molecule has 4 aromatic rings. The second kappa shape index (κ2) is 12.2. The van der Waals surface area contributed by atoms with E-state index in [0.717, 1.165) is 60.6 Å². The van der Waals surface area contributed by atoms with Crippen molar-refractivity contribution in [2.24, 2.45) is 0 Å². The third-order valence-electron chi connectivity index (χ3n) is 7.25. The zero-order chi connectivity index (χ0) is 26.3. The molecule has 2 aromatic carbocycles. The van der Waals surface area contributed by atoms with Gasteiger partial charge in [0.2, 0.25) is 5.91 Å². The first kappa shape index (κ1) is 25.8. The average molecular weight is 514 g/mol. The molecule has 38 heavy (non-hydrogen) atoms. The number of hydrogen-bond donors (Lipinski definition) is 5. The minimum atomic E-state index is -0.353. The Hall–Kier alpha value is -3.79. The number of carbonyl (C=O) groups is 1. The number of H-pyrrole nitrogens is 1. The van der Waals surface area contributed by atoms with E-state index in [1.165, 1.54) is 11.1 Å². The van der Waals surface area contributed by atoms with E-state index in [1.807, 2.05) is 18.2 Å². The number of nitrogens with one attached hydrogen (secondary N) is 4. The van der Waals surface area contributed by atoms with Crippen molar-refractivity contribution in [2.75, 3.05) is 25.0 Å². The summed E-state index contributed by atoms with van der Waals surface area (Å²) in [5.41, 5.74) is 7.12. The van der Waals surface area contributed by atoms with Crippen molar-refractivity contribution in [3.8, 4) is 11.3 Å². The molecule has 0 unspecified atom stereocenters. The number of aromatic amines is 1. The molecule has 9 heteroatoms. The molecular formula is C29H35N7O2. The van der Waals surface area contributed by atoms with Gasteiger partial charge in [-0.3, -0.25) is 14.9 Å². The van der Waals surface area contributed by atoms with Gasteiger partial charge in [-0.2, -0.15) is 0 Å². The first-order valence-corrected chi connectivity index (χ1v) is 13.2. The number of nitrogens with zero attached hydrogens (tertiary/aromatic N) is 3. The normalized spacial score (nSPS) is 15.4. The minimum Gasteiger partial charge on any atom is -0.363 e. The number of likely N-dealkylation sites (tertiary alicyclic amines) is 1. The van der Waals surface area contributed by atoms with Gasteiger partial charge in [0.25, 0.3) is 0 Å². The van der Waals surface area contributed by atoms with Crippen LogP contribution in [0.4, 0.5) is 5.82 Å². The van der Waals surface area contributed by atoms with Gasteiger partial charge in [-0.25, -0.2) is 15.4 Å². The fourth-order valence-electron chi connectivity index (χ4n) is 5.03. The van der Waals surface area contributed by atoms with Gasteiger partial charge in [0.05, 0.1) is 5.39 Å². The lowest BCUT2D eigenvalue weighted by molar-refractivity contribution is -0.129. The summed E-state index contributed by atoms with van der Waals surface area (Å²) in [6.45, 7) is 5.67. The van der Waals surface area contributed by atoms with Gasteiger partial charge in [-0.15, -0.1) is 0 Å². The molecule has 9 nitrogen and oxygen atoms in total. The highest BCUT2D eigenvalue weighted by Crippen LogP contribution is 2.29. The van der Waals surface area contributed by atoms with Crippen LogP contribution >= 0.6 is 0 Å². The van der Waals surface area contributed by atoms with Crippen LogP contribution in [0.1, 0.15) is 43.4 Å². The molecule has 0 spiro atoms. The number of hydrogen-bond acceptors (Lipinski definition) is 7. The number of hydroxylamine groups is 1. The fraction of sp³-hybridized carbons (Fsp3) is 0.345. The predicted octanol–water partition coefficient (Wildman–Crippen LogP) is 4.25. The molecule has 0 aliphatic carbocycles. The number of benzene rings is 2. The van der Waals surface area contributed by atoms with E-state index in [4.69, 9.17) is 5.21 Å². The minimum absolute atomic E-state index is 0.126. The van der Waals surface area contributed by atoms with Crippen molar-refractivity contribution in [3.63, 3.8) is 0 Å². The van der Waals surface area contributed by atoms with Crippen LogP contribution in [-0.4, -0.2) is 56.6 Å². The highest BCUT2D eigenvalue weighted by atomic mass is 16.5.